The van der Waals surface area contributed by atoms with E-state index in [0.717, 1.165) is 5.56 Å². The predicted octanol–water partition coefficient (Wildman–Crippen LogP) is 1.56. The molecule has 0 aliphatic carbocycles. The maximum absolute atomic E-state index is 15.0. The van der Waals surface area contributed by atoms with Gasteiger partial charge in [-0.1, -0.05) is 36.4 Å². The number of nitrogens with one attached hydrogen (secondary N) is 2. The standard InChI is InChI=1S/C26H25BFN3O6/c1-16(32)29-14-22-15-31(26(34)37-22)21-10-11-23(24(28)12-21)18-4-2-17(3-5-18)13-30-25(33)19-6-8-20(9-7-19)27(35)36/h2-12,22,35-36H,13-15H2,1H3,(H,29,32)(H,30,33)/t22-/m0/s1. The molecular formula is C26H25BFN3O6. The summed E-state index contributed by atoms with van der Waals surface area (Å²) < 4.78 is 20.2. The number of amides is 3. The minimum Gasteiger partial charge on any atom is -0.442 e. The molecule has 4 N–H and O–H groups in total. The van der Waals surface area contributed by atoms with Gasteiger partial charge in [0.1, 0.15) is 11.9 Å². The van der Waals surface area contributed by atoms with Crippen LogP contribution in [0.4, 0.5) is 14.9 Å². The maximum atomic E-state index is 15.0. The van der Waals surface area contributed by atoms with E-state index in [-0.39, 0.29) is 31.4 Å². The molecule has 9 nitrogen and oxygen atoms in total. The van der Waals surface area contributed by atoms with Crippen molar-refractivity contribution in [3.05, 3.63) is 83.7 Å². The molecule has 0 radical (unpaired) electrons. The second-order valence-corrected chi connectivity index (χ2v) is 8.59. The fourth-order valence-corrected chi connectivity index (χ4v) is 3.90. The van der Waals surface area contributed by atoms with E-state index in [9.17, 15) is 18.8 Å². The van der Waals surface area contributed by atoms with Crippen LogP contribution in [0.5, 0.6) is 0 Å². The number of rotatable bonds is 8. The van der Waals surface area contributed by atoms with Crippen molar-refractivity contribution >= 4 is 36.2 Å². The molecule has 0 bridgehead atoms. The Bertz CT molecular complexity index is 1300. The van der Waals surface area contributed by atoms with Gasteiger partial charge in [0.15, 0.2) is 0 Å². The summed E-state index contributed by atoms with van der Waals surface area (Å²) in [5.74, 6) is -1.05. The van der Waals surface area contributed by atoms with Crippen LogP contribution in [0.15, 0.2) is 66.7 Å². The van der Waals surface area contributed by atoms with Crippen molar-refractivity contribution in [3.8, 4) is 11.1 Å². The van der Waals surface area contributed by atoms with Crippen LogP contribution < -0.4 is 21.0 Å². The largest absolute Gasteiger partial charge is 0.488 e. The highest BCUT2D eigenvalue weighted by atomic mass is 19.1. The van der Waals surface area contributed by atoms with Gasteiger partial charge < -0.3 is 25.4 Å². The molecule has 1 heterocycles. The first-order chi connectivity index (χ1) is 17.7. The summed E-state index contributed by atoms with van der Waals surface area (Å²) in [6, 6.07) is 17.5. The van der Waals surface area contributed by atoms with Gasteiger partial charge in [0.2, 0.25) is 5.91 Å². The van der Waals surface area contributed by atoms with E-state index in [0.29, 0.717) is 27.8 Å². The topological polar surface area (TPSA) is 128 Å². The van der Waals surface area contributed by atoms with E-state index in [4.69, 9.17) is 14.8 Å². The molecule has 1 atom stereocenters. The Labute approximate surface area is 213 Å². The van der Waals surface area contributed by atoms with E-state index in [1.54, 1.807) is 36.4 Å². The van der Waals surface area contributed by atoms with Gasteiger partial charge in [-0.15, -0.1) is 0 Å². The maximum Gasteiger partial charge on any atom is 0.488 e. The van der Waals surface area contributed by atoms with Gasteiger partial charge in [0.05, 0.1) is 18.8 Å². The number of carbonyl (C=O) groups is 3. The first kappa shape index (κ1) is 25.9. The fraction of sp³-hybridized carbons (Fsp3) is 0.192. The normalized spacial score (nSPS) is 14.8. The van der Waals surface area contributed by atoms with Crippen molar-refractivity contribution in [2.75, 3.05) is 18.0 Å². The lowest BCUT2D eigenvalue weighted by atomic mass is 9.80. The third-order valence-corrected chi connectivity index (χ3v) is 5.91. The van der Waals surface area contributed by atoms with Crippen LogP contribution >= 0.6 is 0 Å². The number of hydrogen-bond acceptors (Lipinski definition) is 6. The lowest BCUT2D eigenvalue weighted by Crippen LogP contribution is -2.33. The van der Waals surface area contributed by atoms with Gasteiger partial charge in [0, 0.05) is 24.6 Å². The monoisotopic (exact) mass is 505 g/mol. The summed E-state index contributed by atoms with van der Waals surface area (Å²) in [6.45, 7) is 2.01. The minimum atomic E-state index is -1.60. The molecule has 0 unspecified atom stereocenters. The number of ether oxygens (including phenoxy) is 1. The summed E-state index contributed by atoms with van der Waals surface area (Å²) in [5.41, 5.74) is 2.82. The predicted molar refractivity (Wildman–Crippen MR) is 136 cm³/mol. The zero-order chi connectivity index (χ0) is 26.5. The first-order valence-corrected chi connectivity index (χ1v) is 11.6. The molecule has 1 aliphatic heterocycles. The lowest BCUT2D eigenvalue weighted by molar-refractivity contribution is -0.119. The number of hydrogen-bond donors (Lipinski definition) is 4. The number of nitrogens with zero attached hydrogens (tertiary/aromatic N) is 1. The molecular weight excluding hydrogens is 480 g/mol. The van der Waals surface area contributed by atoms with Crippen LogP contribution in [-0.4, -0.2) is 54.3 Å². The van der Waals surface area contributed by atoms with Crippen LogP contribution in [-0.2, 0) is 16.1 Å². The highest BCUT2D eigenvalue weighted by molar-refractivity contribution is 6.58. The summed E-state index contributed by atoms with van der Waals surface area (Å²) >= 11 is 0. The molecule has 4 rings (SSSR count). The van der Waals surface area contributed by atoms with E-state index in [1.165, 1.54) is 42.2 Å². The van der Waals surface area contributed by atoms with Gasteiger partial charge in [-0.2, -0.15) is 0 Å². The Morgan fingerprint density at radius 3 is 2.38 bits per heavy atom. The third kappa shape index (κ3) is 6.32. The van der Waals surface area contributed by atoms with Gasteiger partial charge in [-0.25, -0.2) is 9.18 Å². The fourth-order valence-electron chi connectivity index (χ4n) is 3.90. The van der Waals surface area contributed by atoms with E-state index >= 15 is 0 Å². The van der Waals surface area contributed by atoms with E-state index < -0.39 is 25.1 Å². The highest BCUT2D eigenvalue weighted by Crippen LogP contribution is 2.29. The van der Waals surface area contributed by atoms with Gasteiger partial charge in [0.25, 0.3) is 5.91 Å². The summed E-state index contributed by atoms with van der Waals surface area (Å²) in [5, 5.41) is 23.7. The molecule has 11 heteroatoms. The van der Waals surface area contributed by atoms with Crippen LogP contribution in [0.3, 0.4) is 0 Å². The molecule has 3 amide bonds. The van der Waals surface area contributed by atoms with Crippen LogP contribution in [0.25, 0.3) is 11.1 Å². The number of halogens is 1. The molecule has 190 valence electrons. The summed E-state index contributed by atoms with van der Waals surface area (Å²) in [7, 11) is -1.60. The Kier molecular flexibility index (Phi) is 7.85. The van der Waals surface area contributed by atoms with E-state index in [1.807, 2.05) is 0 Å². The Hall–Kier alpha value is -4.22. The molecule has 0 aromatic heterocycles. The number of carbonyl (C=O) groups excluding carboxylic acids is 3. The third-order valence-electron chi connectivity index (χ3n) is 5.91. The van der Waals surface area contributed by atoms with Crippen molar-refractivity contribution in [2.45, 2.75) is 19.6 Å². The SMILES string of the molecule is CC(=O)NC[C@H]1CN(c2ccc(-c3ccc(CNC(=O)c4ccc(B(O)O)cc4)cc3)c(F)c2)C(=O)O1. The molecule has 0 spiro atoms. The molecule has 3 aromatic carbocycles. The van der Waals surface area contributed by atoms with Gasteiger partial charge >= 0.3 is 13.2 Å². The molecule has 1 saturated heterocycles. The van der Waals surface area contributed by atoms with Gasteiger partial charge in [-0.05, 0) is 46.9 Å². The average Bonchev–Trinajstić information content (AvgIpc) is 3.26. The van der Waals surface area contributed by atoms with Crippen molar-refractivity contribution in [1.82, 2.24) is 10.6 Å². The molecule has 1 fully saturated rings. The van der Waals surface area contributed by atoms with Gasteiger partial charge in [-0.3, -0.25) is 14.5 Å². The van der Waals surface area contributed by atoms with Crippen molar-refractivity contribution < 1.29 is 33.6 Å². The van der Waals surface area contributed by atoms with Crippen LogP contribution in [0, 0.1) is 5.82 Å². The zero-order valence-corrected chi connectivity index (χ0v) is 20.0. The second kappa shape index (κ2) is 11.2. The molecule has 3 aromatic rings. The molecule has 0 saturated carbocycles. The number of cyclic esters (lactones) is 1. The lowest BCUT2D eigenvalue weighted by Gasteiger charge is -2.15. The van der Waals surface area contributed by atoms with Crippen molar-refractivity contribution in [3.63, 3.8) is 0 Å². The zero-order valence-electron chi connectivity index (χ0n) is 20.0. The smallest absolute Gasteiger partial charge is 0.442 e. The second-order valence-electron chi connectivity index (χ2n) is 8.59. The van der Waals surface area contributed by atoms with Crippen LogP contribution in [0.1, 0.15) is 22.8 Å². The van der Waals surface area contributed by atoms with Crippen molar-refractivity contribution in [2.24, 2.45) is 0 Å². The Balaban J connectivity index is 1.37. The quantitative estimate of drug-likeness (QED) is 0.344. The molecule has 37 heavy (non-hydrogen) atoms. The highest BCUT2D eigenvalue weighted by Gasteiger charge is 2.32. The first-order valence-electron chi connectivity index (χ1n) is 11.6. The van der Waals surface area contributed by atoms with Crippen LogP contribution in [0.2, 0.25) is 0 Å². The van der Waals surface area contributed by atoms with E-state index in [2.05, 4.69) is 10.6 Å². The number of benzene rings is 3. The average molecular weight is 505 g/mol. The Morgan fingerprint density at radius 2 is 1.76 bits per heavy atom. The number of anilines is 1. The van der Waals surface area contributed by atoms with Crippen molar-refractivity contribution in [1.29, 1.82) is 0 Å². The Morgan fingerprint density at radius 1 is 1.05 bits per heavy atom. The molecule has 1 aliphatic rings. The summed E-state index contributed by atoms with van der Waals surface area (Å²) in [4.78, 5) is 36.9. The summed E-state index contributed by atoms with van der Waals surface area (Å²) in [6.07, 6.45) is -1.11. The minimum absolute atomic E-state index is 0.186.